The van der Waals surface area contributed by atoms with Gasteiger partial charge in [-0.25, -0.2) is 0 Å². The number of hydrogen-bond donors (Lipinski definition) is 5. The molecule has 35 heavy (non-hydrogen) atoms. The van der Waals surface area contributed by atoms with Crippen LogP contribution in [0.2, 0.25) is 0 Å². The molecule has 0 radical (unpaired) electrons. The molecule has 0 heterocycles. The van der Waals surface area contributed by atoms with E-state index >= 15 is 0 Å². The summed E-state index contributed by atoms with van der Waals surface area (Å²) in [5.74, 6) is -2.17. The Morgan fingerprint density at radius 1 is 0.771 bits per heavy atom. The van der Waals surface area contributed by atoms with Crippen LogP contribution in [0, 0.1) is 35.5 Å². The number of rotatable bonds is 18. The molecule has 0 aromatic heterocycles. The van der Waals surface area contributed by atoms with Gasteiger partial charge in [-0.3, -0.25) is 9.59 Å². The Hall–Kier alpha value is -1.28. The van der Waals surface area contributed by atoms with Crippen LogP contribution < -0.4 is 0 Å². The van der Waals surface area contributed by atoms with Crippen molar-refractivity contribution < 1.29 is 35.1 Å². The SMILES string of the molecule is CC[C@H](O)[C@@H](C)[C@@H](O)[C@H](C)[C@@H](O)[C@@H](C)[C@@H](O)C/C=C(\C)C[C@H](C)C[C@H](C)C[C@@H](C)C(=O)CC(=O)O. The van der Waals surface area contributed by atoms with Gasteiger partial charge in [0.2, 0.25) is 0 Å². The highest BCUT2D eigenvalue weighted by molar-refractivity contribution is 5.95. The van der Waals surface area contributed by atoms with E-state index in [0.29, 0.717) is 31.1 Å². The van der Waals surface area contributed by atoms with Gasteiger partial charge in [0.05, 0.1) is 24.4 Å². The van der Waals surface area contributed by atoms with Crippen LogP contribution in [0.15, 0.2) is 11.6 Å². The Labute approximate surface area is 212 Å². The molecule has 0 fully saturated rings. The Kier molecular flexibility index (Phi) is 15.9. The van der Waals surface area contributed by atoms with E-state index < -0.39 is 48.6 Å². The van der Waals surface area contributed by atoms with E-state index in [2.05, 4.69) is 13.8 Å². The van der Waals surface area contributed by atoms with Crippen LogP contribution in [-0.4, -0.2) is 61.7 Å². The molecule has 206 valence electrons. The van der Waals surface area contributed by atoms with E-state index in [9.17, 15) is 30.0 Å². The summed E-state index contributed by atoms with van der Waals surface area (Å²) in [6.45, 7) is 15.2. The molecular weight excluding hydrogens is 448 g/mol. The minimum Gasteiger partial charge on any atom is -0.481 e. The van der Waals surface area contributed by atoms with E-state index in [-0.39, 0.29) is 17.6 Å². The zero-order valence-electron chi connectivity index (χ0n) is 23.1. The van der Waals surface area contributed by atoms with E-state index in [1.165, 1.54) is 0 Å². The van der Waals surface area contributed by atoms with Gasteiger partial charge < -0.3 is 25.5 Å². The smallest absolute Gasteiger partial charge is 0.310 e. The zero-order valence-corrected chi connectivity index (χ0v) is 23.1. The minimum absolute atomic E-state index is 0.226. The number of carbonyl (C=O) groups is 2. The molecule has 10 atom stereocenters. The van der Waals surface area contributed by atoms with Crippen LogP contribution >= 0.6 is 0 Å². The van der Waals surface area contributed by atoms with Crippen LogP contribution in [0.25, 0.3) is 0 Å². The molecular formula is C28H52O7. The topological polar surface area (TPSA) is 135 Å². The first-order valence-electron chi connectivity index (χ1n) is 13.2. The molecule has 0 spiro atoms. The molecule has 0 aliphatic rings. The highest BCUT2D eigenvalue weighted by atomic mass is 16.4. The summed E-state index contributed by atoms with van der Waals surface area (Å²) in [5, 5.41) is 50.7. The highest BCUT2D eigenvalue weighted by Crippen LogP contribution is 2.28. The predicted octanol–water partition coefficient (Wildman–Crippen LogP) is 4.21. The lowest BCUT2D eigenvalue weighted by atomic mass is 9.80. The van der Waals surface area contributed by atoms with Crippen LogP contribution in [0.5, 0.6) is 0 Å². The van der Waals surface area contributed by atoms with Crippen LogP contribution in [0.4, 0.5) is 0 Å². The highest BCUT2D eigenvalue weighted by Gasteiger charge is 2.34. The van der Waals surface area contributed by atoms with E-state index in [1.807, 2.05) is 19.9 Å². The molecule has 0 aliphatic carbocycles. The maximum atomic E-state index is 11.9. The minimum atomic E-state index is -1.08. The summed E-state index contributed by atoms with van der Waals surface area (Å²) >= 11 is 0. The summed E-state index contributed by atoms with van der Waals surface area (Å²) in [6, 6.07) is 0. The number of aliphatic hydroxyl groups is 4. The fraction of sp³-hybridized carbons (Fsp3) is 0.857. The quantitative estimate of drug-likeness (QED) is 0.140. The molecule has 0 rings (SSSR count). The lowest BCUT2D eigenvalue weighted by Gasteiger charge is -2.34. The van der Waals surface area contributed by atoms with Gasteiger partial charge >= 0.3 is 5.97 Å². The van der Waals surface area contributed by atoms with Crippen molar-refractivity contribution in [3.05, 3.63) is 11.6 Å². The van der Waals surface area contributed by atoms with Gasteiger partial charge in [0.1, 0.15) is 12.2 Å². The average Bonchev–Trinajstić information content (AvgIpc) is 2.78. The fourth-order valence-electron chi connectivity index (χ4n) is 5.08. The first kappa shape index (κ1) is 33.7. The Balaban J connectivity index is 4.70. The molecule has 0 bridgehead atoms. The largest absolute Gasteiger partial charge is 0.481 e. The summed E-state index contributed by atoms with van der Waals surface area (Å²) < 4.78 is 0. The van der Waals surface area contributed by atoms with Crippen molar-refractivity contribution in [1.29, 1.82) is 0 Å². The molecule has 0 aliphatic heterocycles. The molecule has 0 unspecified atom stereocenters. The zero-order chi connectivity index (χ0) is 27.5. The summed E-state index contributed by atoms with van der Waals surface area (Å²) in [7, 11) is 0. The Morgan fingerprint density at radius 3 is 1.77 bits per heavy atom. The first-order valence-corrected chi connectivity index (χ1v) is 13.2. The van der Waals surface area contributed by atoms with Crippen molar-refractivity contribution in [2.45, 2.75) is 118 Å². The Morgan fingerprint density at radius 2 is 1.29 bits per heavy atom. The first-order chi connectivity index (χ1) is 16.1. The molecule has 0 amide bonds. The predicted molar refractivity (Wildman–Crippen MR) is 139 cm³/mol. The van der Waals surface area contributed by atoms with Gasteiger partial charge in [-0.1, -0.05) is 60.1 Å². The maximum Gasteiger partial charge on any atom is 0.310 e. The third-order valence-corrected chi connectivity index (χ3v) is 7.60. The second-order valence-electron chi connectivity index (χ2n) is 11.2. The normalized spacial score (nSPS) is 21.2. The van der Waals surface area contributed by atoms with Gasteiger partial charge in [-0.05, 0) is 50.9 Å². The third-order valence-electron chi connectivity index (χ3n) is 7.60. The van der Waals surface area contributed by atoms with Gasteiger partial charge in [-0.2, -0.15) is 0 Å². The van der Waals surface area contributed by atoms with Crippen molar-refractivity contribution in [3.63, 3.8) is 0 Å². The maximum absolute atomic E-state index is 11.9. The van der Waals surface area contributed by atoms with Gasteiger partial charge in [0.25, 0.3) is 0 Å². The van der Waals surface area contributed by atoms with Crippen LogP contribution in [0.3, 0.4) is 0 Å². The average molecular weight is 501 g/mol. The second kappa shape index (κ2) is 16.5. The number of aliphatic carboxylic acids is 1. The number of aliphatic hydroxyl groups excluding tert-OH is 4. The molecule has 0 aromatic carbocycles. The summed E-state index contributed by atoms with van der Waals surface area (Å²) in [4.78, 5) is 22.6. The summed E-state index contributed by atoms with van der Waals surface area (Å²) in [5.41, 5.74) is 1.15. The van der Waals surface area contributed by atoms with E-state index in [4.69, 9.17) is 5.11 Å². The molecule has 7 nitrogen and oxygen atoms in total. The second-order valence-corrected chi connectivity index (χ2v) is 11.2. The van der Waals surface area contributed by atoms with Crippen molar-refractivity contribution in [3.8, 4) is 0 Å². The van der Waals surface area contributed by atoms with Crippen molar-refractivity contribution in [2.75, 3.05) is 0 Å². The Bertz CT molecular complexity index is 662. The van der Waals surface area contributed by atoms with Crippen LogP contribution in [-0.2, 0) is 9.59 Å². The molecule has 0 aromatic rings. The van der Waals surface area contributed by atoms with E-state index in [1.54, 1.807) is 27.7 Å². The number of Topliss-reactive ketones (excluding diaryl/α,β-unsaturated/α-hetero) is 1. The number of carboxylic acids is 1. The number of ketones is 1. The van der Waals surface area contributed by atoms with Crippen molar-refractivity contribution in [1.82, 2.24) is 0 Å². The molecule has 0 saturated carbocycles. The van der Waals surface area contributed by atoms with Gasteiger partial charge in [-0.15, -0.1) is 0 Å². The number of allylic oxidation sites excluding steroid dienone is 1. The fourth-order valence-corrected chi connectivity index (χ4v) is 5.08. The van der Waals surface area contributed by atoms with Gasteiger partial charge in [0.15, 0.2) is 0 Å². The van der Waals surface area contributed by atoms with Crippen molar-refractivity contribution in [2.24, 2.45) is 35.5 Å². The van der Waals surface area contributed by atoms with Gasteiger partial charge in [0, 0.05) is 23.7 Å². The van der Waals surface area contributed by atoms with Crippen molar-refractivity contribution >= 4 is 11.8 Å². The monoisotopic (exact) mass is 500 g/mol. The standard InChI is InChI=1S/C28H52O7/c1-9-23(29)20(6)27(34)22(8)28(35)21(7)24(30)11-10-16(2)12-17(3)13-18(4)14-19(5)25(31)15-26(32)33/h10,17-24,27-30,34-35H,9,11-15H2,1-8H3,(H,32,33)/b16-10+/t17-,18-,19+,20+,21-,22-,23-,24-,27+,28-/m0/s1. The third kappa shape index (κ3) is 12.5. The van der Waals surface area contributed by atoms with Crippen LogP contribution in [0.1, 0.15) is 93.9 Å². The molecule has 5 N–H and O–H groups in total. The number of hydrogen-bond acceptors (Lipinski definition) is 6. The lowest BCUT2D eigenvalue weighted by Crippen LogP contribution is -2.43. The lowest BCUT2D eigenvalue weighted by molar-refractivity contribution is -0.141. The molecule has 7 heteroatoms. The summed E-state index contributed by atoms with van der Waals surface area (Å²) in [6.07, 6.45) is 1.81. The number of carbonyl (C=O) groups excluding carboxylic acids is 1. The molecule has 0 saturated heterocycles. The number of carboxylic acid groups (broad SMARTS) is 1. The van der Waals surface area contributed by atoms with E-state index in [0.717, 1.165) is 18.4 Å².